The lowest BCUT2D eigenvalue weighted by atomic mass is 10.0. The van der Waals surface area contributed by atoms with E-state index in [0.29, 0.717) is 38.2 Å². The number of halogens is 2. The molecule has 148 valence electrons. The van der Waals surface area contributed by atoms with Crippen LogP contribution in [0.5, 0.6) is 0 Å². The summed E-state index contributed by atoms with van der Waals surface area (Å²) in [5, 5.41) is 3.72. The third-order valence-corrected chi connectivity index (χ3v) is 5.04. The zero-order valence-corrected chi connectivity index (χ0v) is 17.1. The van der Waals surface area contributed by atoms with Crippen LogP contribution in [0.2, 0.25) is 10.0 Å². The van der Waals surface area contributed by atoms with E-state index in [-0.39, 0.29) is 11.5 Å². The molecule has 4 nitrogen and oxygen atoms in total. The number of para-hydroxylation sites is 1. The lowest BCUT2D eigenvalue weighted by molar-refractivity contribution is 0.0997. The Morgan fingerprint density at radius 2 is 1.53 bits per heavy atom. The van der Waals surface area contributed by atoms with Crippen LogP contribution < -0.4 is 5.32 Å². The van der Waals surface area contributed by atoms with E-state index in [1.807, 2.05) is 6.07 Å². The van der Waals surface area contributed by atoms with E-state index in [1.54, 1.807) is 78.9 Å². The van der Waals surface area contributed by atoms with Crippen molar-refractivity contribution in [2.24, 2.45) is 0 Å². The second-order valence-corrected chi connectivity index (χ2v) is 7.33. The van der Waals surface area contributed by atoms with Crippen molar-refractivity contribution in [3.8, 4) is 11.3 Å². The second kappa shape index (κ2) is 8.57. The van der Waals surface area contributed by atoms with E-state index in [9.17, 15) is 9.59 Å². The highest BCUT2D eigenvalue weighted by molar-refractivity contribution is 6.35. The molecule has 4 aromatic rings. The number of amides is 1. The Bertz CT molecular complexity index is 1230. The van der Waals surface area contributed by atoms with Gasteiger partial charge in [-0.1, -0.05) is 65.7 Å². The molecular weight excluding hydrogens is 421 g/mol. The summed E-state index contributed by atoms with van der Waals surface area (Å²) in [7, 11) is 0. The summed E-state index contributed by atoms with van der Waals surface area (Å²) >= 11 is 12.2. The van der Waals surface area contributed by atoms with Crippen molar-refractivity contribution in [2.45, 2.75) is 0 Å². The molecular formula is C24H15Cl2NO3. The number of hydrogen-bond donors (Lipinski definition) is 1. The first-order valence-electron chi connectivity index (χ1n) is 9.08. The van der Waals surface area contributed by atoms with Crippen LogP contribution >= 0.6 is 23.2 Å². The maximum absolute atomic E-state index is 12.8. The molecule has 6 heteroatoms. The van der Waals surface area contributed by atoms with Gasteiger partial charge in [0.15, 0.2) is 11.5 Å². The summed E-state index contributed by atoms with van der Waals surface area (Å²) in [6, 6.07) is 23.9. The van der Waals surface area contributed by atoms with Gasteiger partial charge >= 0.3 is 0 Å². The second-order valence-electron chi connectivity index (χ2n) is 6.48. The lowest BCUT2D eigenvalue weighted by Gasteiger charge is -2.09. The molecule has 4 rings (SSSR count). The van der Waals surface area contributed by atoms with E-state index in [0.717, 1.165) is 0 Å². The van der Waals surface area contributed by atoms with Gasteiger partial charge in [-0.25, -0.2) is 0 Å². The molecule has 1 aromatic heterocycles. The Balaban J connectivity index is 1.59. The van der Waals surface area contributed by atoms with E-state index < -0.39 is 5.91 Å². The summed E-state index contributed by atoms with van der Waals surface area (Å²) in [4.78, 5) is 25.6. The quantitative estimate of drug-likeness (QED) is 0.353. The largest absolute Gasteiger partial charge is 0.451 e. The van der Waals surface area contributed by atoms with Gasteiger partial charge in [-0.2, -0.15) is 0 Å². The number of hydrogen-bond acceptors (Lipinski definition) is 3. The molecule has 0 bridgehead atoms. The van der Waals surface area contributed by atoms with Crippen LogP contribution in [0.3, 0.4) is 0 Å². The monoisotopic (exact) mass is 435 g/mol. The molecule has 1 heterocycles. The molecule has 3 aromatic carbocycles. The average molecular weight is 436 g/mol. The standard InChI is InChI=1S/C24H15Cl2NO3/c25-16-10-11-19(26)18(14-16)21-12-13-22(30-21)24(29)27-20-9-5-4-8-17(20)23(28)15-6-2-1-3-7-15/h1-14H,(H,27,29). The van der Waals surface area contributed by atoms with Crippen molar-refractivity contribution in [3.63, 3.8) is 0 Å². The van der Waals surface area contributed by atoms with Gasteiger partial charge in [-0.3, -0.25) is 9.59 Å². The minimum absolute atomic E-state index is 0.0861. The lowest BCUT2D eigenvalue weighted by Crippen LogP contribution is -2.14. The molecule has 0 fully saturated rings. The molecule has 1 N–H and O–H groups in total. The Morgan fingerprint density at radius 3 is 2.33 bits per heavy atom. The Morgan fingerprint density at radius 1 is 0.800 bits per heavy atom. The van der Waals surface area contributed by atoms with Crippen LogP contribution in [0.4, 0.5) is 5.69 Å². The molecule has 30 heavy (non-hydrogen) atoms. The van der Waals surface area contributed by atoms with Crippen molar-refractivity contribution in [2.75, 3.05) is 5.32 Å². The van der Waals surface area contributed by atoms with Gasteiger partial charge in [0.05, 0.1) is 10.7 Å². The van der Waals surface area contributed by atoms with Gasteiger partial charge in [0.1, 0.15) is 5.76 Å². The molecule has 0 unspecified atom stereocenters. The highest BCUT2D eigenvalue weighted by atomic mass is 35.5. The summed E-state index contributed by atoms with van der Waals surface area (Å²) in [6.07, 6.45) is 0. The van der Waals surface area contributed by atoms with Crippen molar-refractivity contribution in [3.05, 3.63) is 112 Å². The summed E-state index contributed by atoms with van der Waals surface area (Å²) in [6.45, 7) is 0. The minimum Gasteiger partial charge on any atom is -0.451 e. The fraction of sp³-hybridized carbons (Fsp3) is 0. The predicted octanol–water partition coefficient (Wildman–Crippen LogP) is 6.74. The Labute approximate surface area is 183 Å². The van der Waals surface area contributed by atoms with Gasteiger partial charge in [0.25, 0.3) is 5.91 Å². The number of carbonyl (C=O) groups excluding carboxylic acids is 2. The third-order valence-electron chi connectivity index (χ3n) is 4.48. The minimum atomic E-state index is -0.479. The number of ketones is 1. The smallest absolute Gasteiger partial charge is 0.291 e. The first-order valence-corrected chi connectivity index (χ1v) is 9.84. The highest BCUT2D eigenvalue weighted by Crippen LogP contribution is 2.32. The first kappa shape index (κ1) is 20.0. The number of carbonyl (C=O) groups is 2. The fourth-order valence-electron chi connectivity index (χ4n) is 3.01. The number of anilines is 1. The molecule has 0 saturated carbocycles. The summed E-state index contributed by atoms with van der Waals surface area (Å²) in [5.41, 5.74) is 1.91. The first-order chi connectivity index (χ1) is 14.5. The van der Waals surface area contributed by atoms with Crippen LogP contribution in [0, 0.1) is 0 Å². The zero-order valence-electron chi connectivity index (χ0n) is 15.6. The third kappa shape index (κ3) is 4.15. The van der Waals surface area contributed by atoms with Crippen LogP contribution in [0.15, 0.2) is 89.3 Å². The van der Waals surface area contributed by atoms with Crippen LogP contribution in [-0.4, -0.2) is 11.7 Å². The van der Waals surface area contributed by atoms with Crippen molar-refractivity contribution >= 4 is 40.6 Å². The van der Waals surface area contributed by atoms with Gasteiger partial charge in [-0.05, 0) is 42.5 Å². The average Bonchev–Trinajstić information content (AvgIpc) is 3.26. The van der Waals surface area contributed by atoms with E-state index >= 15 is 0 Å². The SMILES string of the molecule is O=C(Nc1ccccc1C(=O)c1ccccc1)c1ccc(-c2cc(Cl)ccc2Cl)o1. The highest BCUT2D eigenvalue weighted by Gasteiger charge is 2.18. The van der Waals surface area contributed by atoms with Crippen molar-refractivity contribution < 1.29 is 14.0 Å². The Hall–Kier alpha value is -3.34. The normalized spacial score (nSPS) is 10.6. The molecule has 0 aliphatic carbocycles. The number of benzene rings is 3. The predicted molar refractivity (Wildman–Crippen MR) is 118 cm³/mol. The molecule has 0 atom stereocenters. The van der Waals surface area contributed by atoms with Crippen LogP contribution in [-0.2, 0) is 0 Å². The molecule has 0 aliphatic heterocycles. The van der Waals surface area contributed by atoms with E-state index in [1.165, 1.54) is 0 Å². The number of rotatable bonds is 5. The fourth-order valence-corrected chi connectivity index (χ4v) is 3.39. The van der Waals surface area contributed by atoms with Gasteiger partial charge in [0, 0.05) is 21.7 Å². The topological polar surface area (TPSA) is 59.3 Å². The van der Waals surface area contributed by atoms with Crippen molar-refractivity contribution in [1.82, 2.24) is 0 Å². The van der Waals surface area contributed by atoms with Crippen molar-refractivity contribution in [1.29, 1.82) is 0 Å². The maximum Gasteiger partial charge on any atom is 0.291 e. The maximum atomic E-state index is 12.8. The number of furan rings is 1. The van der Waals surface area contributed by atoms with Crippen LogP contribution in [0.25, 0.3) is 11.3 Å². The summed E-state index contributed by atoms with van der Waals surface area (Å²) in [5.74, 6) is -0.158. The molecule has 0 saturated heterocycles. The summed E-state index contributed by atoms with van der Waals surface area (Å²) < 4.78 is 5.68. The zero-order chi connectivity index (χ0) is 21.1. The van der Waals surface area contributed by atoms with E-state index in [2.05, 4.69) is 5.32 Å². The van der Waals surface area contributed by atoms with Crippen LogP contribution in [0.1, 0.15) is 26.5 Å². The molecule has 1 amide bonds. The number of nitrogens with one attached hydrogen (secondary N) is 1. The van der Waals surface area contributed by atoms with E-state index in [4.69, 9.17) is 27.6 Å². The van der Waals surface area contributed by atoms with Gasteiger partial charge in [-0.15, -0.1) is 0 Å². The van der Waals surface area contributed by atoms with Gasteiger partial charge in [0.2, 0.25) is 0 Å². The molecule has 0 radical (unpaired) electrons. The van der Waals surface area contributed by atoms with Gasteiger partial charge < -0.3 is 9.73 Å². The molecule has 0 aliphatic rings. The Kier molecular flexibility index (Phi) is 5.70. The molecule has 0 spiro atoms.